The van der Waals surface area contributed by atoms with Crippen LogP contribution in [0.3, 0.4) is 0 Å². The van der Waals surface area contributed by atoms with Crippen molar-refractivity contribution < 1.29 is 9.31 Å². The molecule has 1 aliphatic heterocycles. The van der Waals surface area contributed by atoms with Gasteiger partial charge >= 0.3 is 7.12 Å². The van der Waals surface area contributed by atoms with Gasteiger partial charge in [-0.05, 0) is 16.1 Å². The molecule has 0 aromatic heterocycles. The molecule has 1 saturated heterocycles. The van der Waals surface area contributed by atoms with E-state index in [2.05, 4.69) is 24.3 Å². The third-order valence-corrected chi connectivity index (χ3v) is 9.61. The minimum atomic E-state index is -2.14. The highest BCUT2D eigenvalue weighted by Crippen LogP contribution is 2.51. The van der Waals surface area contributed by atoms with Crippen LogP contribution in [-0.4, -0.2) is 19.6 Å². The van der Waals surface area contributed by atoms with E-state index in [1.165, 1.54) is 10.6 Å². The van der Waals surface area contributed by atoms with Gasteiger partial charge in [-0.2, -0.15) is 0 Å². The largest absolute Gasteiger partial charge is 0.494 e. The Bertz CT molecular complexity index is 830. The van der Waals surface area contributed by atoms with E-state index in [-0.39, 0.29) is 13.0 Å². The fourth-order valence-electron chi connectivity index (χ4n) is 3.15. The van der Waals surface area contributed by atoms with Crippen molar-refractivity contribution in [3.63, 3.8) is 0 Å². The van der Waals surface area contributed by atoms with E-state index in [9.17, 15) is 0 Å². The number of rotatable bonds is 4. The molecule has 0 N–H and O–H groups in total. The van der Waals surface area contributed by atoms with Crippen molar-refractivity contribution in [2.45, 2.75) is 5.85 Å². The maximum Gasteiger partial charge on any atom is 0.494 e. The van der Waals surface area contributed by atoms with Crippen LogP contribution < -0.4 is 16.1 Å². The smallest absolute Gasteiger partial charge is 0.404 e. The highest BCUT2D eigenvalue weighted by molar-refractivity contribution is 8.22. The summed E-state index contributed by atoms with van der Waals surface area (Å²) in [6.45, 7) is 0.515. The van der Waals surface area contributed by atoms with E-state index in [1.54, 1.807) is 0 Å². The summed E-state index contributed by atoms with van der Waals surface area (Å²) < 4.78 is 12.3. The zero-order chi connectivity index (χ0) is 17.1. The molecule has 1 unspecified atom stereocenters. The van der Waals surface area contributed by atoms with E-state index in [4.69, 9.17) is 21.1 Å². The minimum Gasteiger partial charge on any atom is -0.404 e. The summed E-state index contributed by atoms with van der Waals surface area (Å²) in [7, 11) is -0.346. The van der Waals surface area contributed by atoms with Crippen LogP contribution in [0.5, 0.6) is 0 Å². The lowest BCUT2D eigenvalue weighted by Crippen LogP contribution is -2.33. The van der Waals surface area contributed by atoms with Crippen molar-refractivity contribution >= 4 is 41.0 Å². The van der Waals surface area contributed by atoms with Gasteiger partial charge < -0.3 is 9.31 Å². The average molecular weight is 364 g/mol. The van der Waals surface area contributed by atoms with Crippen LogP contribution in [-0.2, 0) is 21.1 Å². The van der Waals surface area contributed by atoms with Gasteiger partial charge in [0.2, 0.25) is 0 Å². The molecule has 3 aromatic carbocycles. The van der Waals surface area contributed by atoms with Crippen molar-refractivity contribution in [2.24, 2.45) is 0 Å². The van der Waals surface area contributed by atoms with Crippen LogP contribution in [0.25, 0.3) is 0 Å². The van der Waals surface area contributed by atoms with Gasteiger partial charge in [-0.1, -0.05) is 103 Å². The normalized spacial score (nSPS) is 17.6. The number of hydrogen-bond donors (Lipinski definition) is 0. The molecule has 0 spiro atoms. The zero-order valence-corrected chi connectivity index (χ0v) is 15.4. The Kier molecular flexibility index (Phi) is 4.87. The summed E-state index contributed by atoms with van der Waals surface area (Å²) in [5, 5.41) is 2.33. The lowest BCUT2D eigenvalue weighted by atomic mass is 9.80. The van der Waals surface area contributed by atoms with E-state index in [0.717, 1.165) is 5.46 Å². The predicted octanol–water partition coefficient (Wildman–Crippen LogP) is 2.89. The summed E-state index contributed by atoms with van der Waals surface area (Å²) >= 11 is 6.30. The molecule has 0 amide bonds. The fraction of sp³-hybridized carbons (Fsp3) is 0.100. The monoisotopic (exact) mass is 364 g/mol. The summed E-state index contributed by atoms with van der Waals surface area (Å²) in [6.07, 6.45) is 0. The van der Waals surface area contributed by atoms with Gasteiger partial charge in [0.1, 0.15) is 5.85 Å². The molecule has 124 valence electrons. The summed E-state index contributed by atoms with van der Waals surface area (Å²) in [5.41, 5.74) is 1.03. The highest BCUT2D eigenvalue weighted by Gasteiger charge is 2.42. The molecular formula is C20H18BO2PS. The van der Waals surface area contributed by atoms with Crippen LogP contribution in [0, 0.1) is 0 Å². The van der Waals surface area contributed by atoms with Crippen molar-refractivity contribution in [1.82, 2.24) is 0 Å². The second-order valence-electron chi connectivity index (χ2n) is 6.00. The maximum atomic E-state index is 6.34. The molecule has 5 heteroatoms. The first kappa shape index (κ1) is 16.7. The van der Waals surface area contributed by atoms with Gasteiger partial charge in [-0.25, -0.2) is 0 Å². The van der Waals surface area contributed by atoms with Gasteiger partial charge in [0.15, 0.2) is 0 Å². The van der Waals surface area contributed by atoms with Gasteiger partial charge in [-0.15, -0.1) is 0 Å². The SMILES string of the molecule is S=P(c1ccccc1)(c1ccccc1)C1COB(c2ccccc2)O1. The molecule has 0 bridgehead atoms. The molecule has 0 radical (unpaired) electrons. The molecule has 0 aliphatic carbocycles. The highest BCUT2D eigenvalue weighted by atomic mass is 32.4. The molecule has 1 atom stereocenters. The summed E-state index contributed by atoms with van der Waals surface area (Å²) in [6, 6.07) is 28.6. The van der Waals surface area contributed by atoms with E-state index in [0.29, 0.717) is 6.61 Å². The third kappa shape index (κ3) is 3.23. The molecule has 3 aromatic rings. The molecule has 1 heterocycles. The Balaban J connectivity index is 1.72. The first-order chi connectivity index (χ1) is 12.3. The van der Waals surface area contributed by atoms with E-state index < -0.39 is 6.04 Å². The molecule has 4 rings (SSSR count). The van der Waals surface area contributed by atoms with Crippen LogP contribution in [0.1, 0.15) is 0 Å². The van der Waals surface area contributed by atoms with Gasteiger partial charge in [0.25, 0.3) is 0 Å². The molecule has 2 nitrogen and oxygen atoms in total. The average Bonchev–Trinajstić information content (AvgIpc) is 3.20. The topological polar surface area (TPSA) is 18.5 Å². The maximum absolute atomic E-state index is 6.34. The Morgan fingerprint density at radius 2 is 1.24 bits per heavy atom. The lowest BCUT2D eigenvalue weighted by Gasteiger charge is -2.28. The molecule has 1 aliphatic rings. The quantitative estimate of drug-likeness (QED) is 0.524. The van der Waals surface area contributed by atoms with E-state index >= 15 is 0 Å². The third-order valence-electron chi connectivity index (χ3n) is 4.43. The first-order valence-corrected chi connectivity index (χ1v) is 11.2. The van der Waals surface area contributed by atoms with Crippen LogP contribution >= 0.6 is 6.04 Å². The van der Waals surface area contributed by atoms with Gasteiger partial charge in [-0.3, -0.25) is 0 Å². The molecule has 25 heavy (non-hydrogen) atoms. The number of benzene rings is 3. The van der Waals surface area contributed by atoms with Crippen LogP contribution in [0.15, 0.2) is 91.0 Å². The van der Waals surface area contributed by atoms with E-state index in [1.807, 2.05) is 66.7 Å². The van der Waals surface area contributed by atoms with Crippen molar-refractivity contribution in [3.8, 4) is 0 Å². The molecular weight excluding hydrogens is 346 g/mol. The Morgan fingerprint density at radius 3 is 1.76 bits per heavy atom. The van der Waals surface area contributed by atoms with Crippen molar-refractivity contribution in [2.75, 3.05) is 6.61 Å². The van der Waals surface area contributed by atoms with Crippen molar-refractivity contribution in [1.29, 1.82) is 0 Å². The second-order valence-corrected chi connectivity index (χ2v) is 10.6. The standard InChI is InChI=1S/C20H18BO2PS/c25-24(18-12-6-2-7-13-18,19-14-8-3-9-15-19)20-16-22-21(23-20)17-10-4-1-5-11-17/h1-15,20H,16H2. The Labute approximate surface area is 154 Å². The van der Waals surface area contributed by atoms with Gasteiger partial charge in [0.05, 0.1) is 6.61 Å². The summed E-state index contributed by atoms with van der Waals surface area (Å²) in [4.78, 5) is 0. The predicted molar refractivity (Wildman–Crippen MR) is 109 cm³/mol. The molecule has 1 fully saturated rings. The van der Waals surface area contributed by atoms with Crippen molar-refractivity contribution in [3.05, 3.63) is 91.0 Å². The Morgan fingerprint density at radius 1 is 0.760 bits per heavy atom. The zero-order valence-electron chi connectivity index (χ0n) is 13.7. The van der Waals surface area contributed by atoms with Crippen LogP contribution in [0.4, 0.5) is 0 Å². The fourth-order valence-corrected chi connectivity index (χ4v) is 6.98. The second kappa shape index (κ2) is 7.27. The number of hydrogen-bond acceptors (Lipinski definition) is 3. The molecule has 0 saturated carbocycles. The summed E-state index contributed by atoms with van der Waals surface area (Å²) in [5.74, 6) is -0.127. The van der Waals surface area contributed by atoms with Crippen LogP contribution in [0.2, 0.25) is 0 Å². The lowest BCUT2D eigenvalue weighted by molar-refractivity contribution is 0.326. The van der Waals surface area contributed by atoms with Gasteiger partial charge in [0, 0.05) is 6.04 Å². The Hall–Kier alpha value is -1.71. The minimum absolute atomic E-state index is 0.127. The first-order valence-electron chi connectivity index (χ1n) is 8.31.